The summed E-state index contributed by atoms with van der Waals surface area (Å²) >= 11 is 3.47. The lowest BCUT2D eigenvalue weighted by Gasteiger charge is -2.33. The third-order valence-electron chi connectivity index (χ3n) is 3.96. The minimum Gasteiger partial charge on any atom is -0.371 e. The molecule has 0 radical (unpaired) electrons. The predicted octanol–water partition coefficient (Wildman–Crippen LogP) is 3.63. The van der Waals surface area contributed by atoms with E-state index >= 15 is 0 Å². The van der Waals surface area contributed by atoms with Gasteiger partial charge in [0.05, 0.1) is 18.4 Å². The SMILES string of the molecule is Cc1noc(C)c1CN1CCOC(c2ccc(Br)cc2)C1. The summed E-state index contributed by atoms with van der Waals surface area (Å²) in [6.45, 7) is 7.44. The average Bonchev–Trinajstić information content (AvgIpc) is 2.80. The summed E-state index contributed by atoms with van der Waals surface area (Å²) < 4.78 is 12.3. The first-order valence-electron chi connectivity index (χ1n) is 7.14. The van der Waals surface area contributed by atoms with Crippen molar-refractivity contribution in [2.45, 2.75) is 26.5 Å². The first kappa shape index (κ1) is 14.8. The molecule has 0 amide bonds. The molecule has 5 heteroatoms. The topological polar surface area (TPSA) is 38.5 Å². The average molecular weight is 351 g/mol. The molecule has 1 unspecified atom stereocenters. The summed E-state index contributed by atoms with van der Waals surface area (Å²) in [6, 6.07) is 8.36. The first-order valence-corrected chi connectivity index (χ1v) is 7.94. The zero-order chi connectivity index (χ0) is 14.8. The van der Waals surface area contributed by atoms with E-state index in [1.807, 2.05) is 13.8 Å². The standard InChI is InChI=1S/C16H19BrN2O2/c1-11-15(12(2)21-18-11)9-19-7-8-20-16(10-19)13-3-5-14(17)6-4-13/h3-6,16H,7-10H2,1-2H3. The van der Waals surface area contributed by atoms with Gasteiger partial charge in [0.25, 0.3) is 0 Å². The molecular formula is C16H19BrN2O2. The van der Waals surface area contributed by atoms with Gasteiger partial charge in [-0.2, -0.15) is 0 Å². The highest BCUT2D eigenvalue weighted by Crippen LogP contribution is 2.25. The third-order valence-corrected chi connectivity index (χ3v) is 4.48. The van der Waals surface area contributed by atoms with Crippen molar-refractivity contribution in [3.05, 3.63) is 51.3 Å². The van der Waals surface area contributed by atoms with Gasteiger partial charge in [0.2, 0.25) is 0 Å². The van der Waals surface area contributed by atoms with Crippen molar-refractivity contribution in [2.75, 3.05) is 19.7 Å². The number of ether oxygens (including phenoxy) is 1. The fourth-order valence-corrected chi connectivity index (χ4v) is 2.94. The Morgan fingerprint density at radius 1 is 1.29 bits per heavy atom. The predicted molar refractivity (Wildman–Crippen MR) is 84.1 cm³/mol. The Morgan fingerprint density at radius 2 is 2.05 bits per heavy atom. The summed E-state index contributed by atoms with van der Waals surface area (Å²) in [4.78, 5) is 2.41. The van der Waals surface area contributed by atoms with E-state index in [0.717, 1.165) is 42.2 Å². The van der Waals surface area contributed by atoms with Crippen LogP contribution in [0.5, 0.6) is 0 Å². The number of nitrogens with zero attached hydrogens (tertiary/aromatic N) is 2. The lowest BCUT2D eigenvalue weighted by Crippen LogP contribution is -2.38. The fraction of sp³-hybridized carbons (Fsp3) is 0.438. The summed E-state index contributed by atoms with van der Waals surface area (Å²) in [5, 5.41) is 4.03. The largest absolute Gasteiger partial charge is 0.371 e. The van der Waals surface area contributed by atoms with Crippen LogP contribution in [0.3, 0.4) is 0 Å². The molecule has 1 aromatic heterocycles. The lowest BCUT2D eigenvalue weighted by atomic mass is 10.1. The zero-order valence-electron chi connectivity index (χ0n) is 12.3. The van der Waals surface area contributed by atoms with Crippen LogP contribution in [0.1, 0.15) is 28.7 Å². The van der Waals surface area contributed by atoms with Crippen molar-refractivity contribution in [2.24, 2.45) is 0 Å². The number of hydrogen-bond acceptors (Lipinski definition) is 4. The Hall–Kier alpha value is -1.17. The number of hydrogen-bond donors (Lipinski definition) is 0. The van der Waals surface area contributed by atoms with Gasteiger partial charge in [0.1, 0.15) is 5.76 Å². The number of benzene rings is 1. The third kappa shape index (κ3) is 3.36. The zero-order valence-corrected chi connectivity index (χ0v) is 13.9. The van der Waals surface area contributed by atoms with Crippen molar-refractivity contribution < 1.29 is 9.26 Å². The lowest BCUT2D eigenvalue weighted by molar-refractivity contribution is -0.0331. The van der Waals surface area contributed by atoms with Gasteiger partial charge in [-0.3, -0.25) is 4.90 Å². The fourth-order valence-electron chi connectivity index (χ4n) is 2.68. The Labute approximate surface area is 133 Å². The maximum absolute atomic E-state index is 5.92. The van der Waals surface area contributed by atoms with Crippen molar-refractivity contribution >= 4 is 15.9 Å². The second-order valence-corrected chi connectivity index (χ2v) is 6.36. The number of aromatic nitrogens is 1. The molecular weight excluding hydrogens is 332 g/mol. The number of aryl methyl sites for hydroxylation is 2. The van der Waals surface area contributed by atoms with Crippen molar-refractivity contribution in [1.82, 2.24) is 10.1 Å². The molecule has 0 bridgehead atoms. The van der Waals surface area contributed by atoms with Crippen molar-refractivity contribution in [1.29, 1.82) is 0 Å². The van der Waals surface area contributed by atoms with Gasteiger partial charge in [-0.1, -0.05) is 33.2 Å². The van der Waals surface area contributed by atoms with E-state index in [4.69, 9.17) is 9.26 Å². The molecule has 1 saturated heterocycles. The highest BCUT2D eigenvalue weighted by molar-refractivity contribution is 9.10. The molecule has 0 saturated carbocycles. The molecule has 1 fully saturated rings. The monoisotopic (exact) mass is 350 g/mol. The molecule has 2 heterocycles. The summed E-state index contributed by atoms with van der Waals surface area (Å²) in [7, 11) is 0. The summed E-state index contributed by atoms with van der Waals surface area (Å²) in [5.41, 5.74) is 3.41. The molecule has 112 valence electrons. The van der Waals surface area contributed by atoms with Gasteiger partial charge >= 0.3 is 0 Å². The van der Waals surface area contributed by atoms with Crippen LogP contribution < -0.4 is 0 Å². The van der Waals surface area contributed by atoms with Gasteiger partial charge in [-0.25, -0.2) is 0 Å². The van der Waals surface area contributed by atoms with Gasteiger partial charge in [-0.05, 0) is 31.5 Å². The minimum atomic E-state index is 0.132. The van der Waals surface area contributed by atoms with E-state index in [1.54, 1.807) is 0 Å². The van der Waals surface area contributed by atoms with Gasteiger partial charge in [-0.15, -0.1) is 0 Å². The molecule has 0 N–H and O–H groups in total. The maximum Gasteiger partial charge on any atom is 0.138 e. The molecule has 21 heavy (non-hydrogen) atoms. The summed E-state index contributed by atoms with van der Waals surface area (Å²) in [5.74, 6) is 0.916. The van der Waals surface area contributed by atoms with Crippen LogP contribution in [0.25, 0.3) is 0 Å². The van der Waals surface area contributed by atoms with Crippen LogP contribution in [0.15, 0.2) is 33.3 Å². The van der Waals surface area contributed by atoms with Crippen LogP contribution >= 0.6 is 15.9 Å². The van der Waals surface area contributed by atoms with Crippen LogP contribution in [0.2, 0.25) is 0 Å². The molecule has 2 aromatic rings. The van der Waals surface area contributed by atoms with E-state index in [0.29, 0.717) is 0 Å². The van der Waals surface area contributed by atoms with Gasteiger partial charge in [0, 0.05) is 29.7 Å². The van der Waals surface area contributed by atoms with Crippen LogP contribution in [-0.4, -0.2) is 29.8 Å². The smallest absolute Gasteiger partial charge is 0.138 e. The van der Waals surface area contributed by atoms with Crippen LogP contribution in [-0.2, 0) is 11.3 Å². The Bertz CT molecular complexity index is 590. The maximum atomic E-state index is 5.92. The number of morpholine rings is 1. The Morgan fingerprint density at radius 3 is 2.71 bits per heavy atom. The molecule has 4 nitrogen and oxygen atoms in total. The van der Waals surface area contributed by atoms with E-state index in [2.05, 4.69) is 50.3 Å². The normalized spacial score (nSPS) is 19.9. The molecule has 0 spiro atoms. The highest BCUT2D eigenvalue weighted by Gasteiger charge is 2.23. The molecule has 1 aliphatic heterocycles. The highest BCUT2D eigenvalue weighted by atomic mass is 79.9. The van der Waals surface area contributed by atoms with Gasteiger partial charge in [0.15, 0.2) is 0 Å². The minimum absolute atomic E-state index is 0.132. The van der Waals surface area contributed by atoms with Crippen LogP contribution in [0.4, 0.5) is 0 Å². The summed E-state index contributed by atoms with van der Waals surface area (Å²) in [6.07, 6.45) is 0.132. The van der Waals surface area contributed by atoms with E-state index in [9.17, 15) is 0 Å². The second kappa shape index (κ2) is 6.30. The van der Waals surface area contributed by atoms with E-state index in [1.165, 1.54) is 11.1 Å². The van der Waals surface area contributed by atoms with E-state index in [-0.39, 0.29) is 6.10 Å². The van der Waals surface area contributed by atoms with Crippen molar-refractivity contribution in [3.63, 3.8) is 0 Å². The quantitative estimate of drug-likeness (QED) is 0.847. The first-order chi connectivity index (χ1) is 10.1. The number of rotatable bonds is 3. The second-order valence-electron chi connectivity index (χ2n) is 5.45. The van der Waals surface area contributed by atoms with Gasteiger partial charge < -0.3 is 9.26 Å². The van der Waals surface area contributed by atoms with Crippen molar-refractivity contribution in [3.8, 4) is 0 Å². The molecule has 0 aliphatic carbocycles. The van der Waals surface area contributed by atoms with Crippen LogP contribution in [0, 0.1) is 13.8 Å². The molecule has 1 aliphatic rings. The molecule has 1 atom stereocenters. The Balaban J connectivity index is 1.70. The molecule has 1 aromatic carbocycles. The molecule has 3 rings (SSSR count). The number of halogens is 1. The Kier molecular flexibility index (Phi) is 4.42. The van der Waals surface area contributed by atoms with E-state index < -0.39 is 0 Å².